The quantitative estimate of drug-likeness (QED) is 0.747. The van der Waals surface area contributed by atoms with Crippen molar-refractivity contribution >= 4 is 0 Å². The summed E-state index contributed by atoms with van der Waals surface area (Å²) in [5, 5.41) is 9.58. The van der Waals surface area contributed by atoms with Gasteiger partial charge in [-0.3, -0.25) is 0 Å². The van der Waals surface area contributed by atoms with Crippen molar-refractivity contribution in [2.75, 3.05) is 0 Å². The average Bonchev–Trinajstić information content (AvgIpc) is 2.04. The summed E-state index contributed by atoms with van der Waals surface area (Å²) in [6.07, 6.45) is -0.105. The van der Waals surface area contributed by atoms with Crippen LogP contribution in [0.1, 0.15) is 25.0 Å². The highest BCUT2D eigenvalue weighted by Crippen LogP contribution is 2.17. The Kier molecular flexibility index (Phi) is 3.39. The Morgan fingerprint density at radius 3 is 2.38 bits per heavy atom. The predicted molar refractivity (Wildman–Crippen MR) is 49.6 cm³/mol. The van der Waals surface area contributed by atoms with Gasteiger partial charge in [-0.1, -0.05) is 12.1 Å². The normalized spacial score (nSPS) is 15.4. The van der Waals surface area contributed by atoms with Crippen LogP contribution in [0, 0.1) is 5.82 Å². The highest BCUT2D eigenvalue weighted by atomic mass is 19.1. The smallest absolute Gasteiger partial charge is 0.123 e. The van der Waals surface area contributed by atoms with Crippen molar-refractivity contribution in [1.82, 2.24) is 0 Å². The topological polar surface area (TPSA) is 46.2 Å². The molecule has 72 valence electrons. The lowest BCUT2D eigenvalue weighted by Crippen LogP contribution is -2.18. The van der Waals surface area contributed by atoms with E-state index in [1.54, 1.807) is 12.1 Å². The van der Waals surface area contributed by atoms with Gasteiger partial charge in [-0.05, 0) is 31.0 Å². The molecule has 1 aromatic rings. The lowest BCUT2D eigenvalue weighted by molar-refractivity contribution is 0.160. The largest absolute Gasteiger partial charge is 0.388 e. The Balaban J connectivity index is 2.66. The van der Waals surface area contributed by atoms with Crippen LogP contribution in [0.3, 0.4) is 0 Å². The summed E-state index contributed by atoms with van der Waals surface area (Å²) in [7, 11) is 0. The first-order valence-corrected chi connectivity index (χ1v) is 4.28. The number of halogens is 1. The summed E-state index contributed by atoms with van der Waals surface area (Å²) in [5.41, 5.74) is 6.23. The van der Waals surface area contributed by atoms with Gasteiger partial charge in [0.2, 0.25) is 0 Å². The van der Waals surface area contributed by atoms with Crippen LogP contribution < -0.4 is 5.73 Å². The first-order valence-electron chi connectivity index (χ1n) is 4.28. The summed E-state index contributed by atoms with van der Waals surface area (Å²) in [5.74, 6) is -0.295. The number of hydrogen-bond donors (Lipinski definition) is 2. The van der Waals surface area contributed by atoms with E-state index in [9.17, 15) is 9.50 Å². The van der Waals surface area contributed by atoms with Crippen molar-refractivity contribution in [2.45, 2.75) is 25.5 Å². The van der Waals surface area contributed by atoms with Crippen LogP contribution >= 0.6 is 0 Å². The van der Waals surface area contributed by atoms with Gasteiger partial charge in [-0.2, -0.15) is 0 Å². The van der Waals surface area contributed by atoms with Crippen LogP contribution in [-0.2, 0) is 0 Å². The van der Waals surface area contributed by atoms with E-state index in [-0.39, 0.29) is 11.9 Å². The summed E-state index contributed by atoms with van der Waals surface area (Å²) in [4.78, 5) is 0. The summed E-state index contributed by atoms with van der Waals surface area (Å²) >= 11 is 0. The molecule has 0 bridgehead atoms. The van der Waals surface area contributed by atoms with E-state index in [2.05, 4.69) is 0 Å². The van der Waals surface area contributed by atoms with Gasteiger partial charge in [0.05, 0.1) is 6.10 Å². The molecule has 1 rings (SSSR count). The van der Waals surface area contributed by atoms with E-state index in [1.165, 1.54) is 12.1 Å². The van der Waals surface area contributed by atoms with Gasteiger partial charge in [0.15, 0.2) is 0 Å². The number of nitrogens with two attached hydrogens (primary N) is 1. The maximum absolute atomic E-state index is 12.5. The molecule has 2 atom stereocenters. The van der Waals surface area contributed by atoms with Crippen LogP contribution in [0.25, 0.3) is 0 Å². The van der Waals surface area contributed by atoms with Gasteiger partial charge in [-0.15, -0.1) is 0 Å². The first kappa shape index (κ1) is 10.2. The van der Waals surface area contributed by atoms with Crippen LogP contribution in [0.4, 0.5) is 4.39 Å². The van der Waals surface area contributed by atoms with E-state index in [0.29, 0.717) is 12.0 Å². The van der Waals surface area contributed by atoms with Gasteiger partial charge in [0.1, 0.15) is 5.82 Å². The Hall–Kier alpha value is -0.930. The van der Waals surface area contributed by atoms with E-state index < -0.39 is 6.10 Å². The Morgan fingerprint density at radius 1 is 1.38 bits per heavy atom. The number of hydrogen-bond acceptors (Lipinski definition) is 2. The third kappa shape index (κ3) is 3.13. The minimum atomic E-state index is -0.597. The number of rotatable bonds is 3. The zero-order valence-corrected chi connectivity index (χ0v) is 7.57. The van der Waals surface area contributed by atoms with E-state index in [4.69, 9.17) is 5.73 Å². The van der Waals surface area contributed by atoms with Gasteiger partial charge in [-0.25, -0.2) is 4.39 Å². The van der Waals surface area contributed by atoms with E-state index >= 15 is 0 Å². The third-order valence-electron chi connectivity index (χ3n) is 1.85. The molecule has 13 heavy (non-hydrogen) atoms. The van der Waals surface area contributed by atoms with Crippen molar-refractivity contribution < 1.29 is 9.50 Å². The molecule has 3 N–H and O–H groups in total. The molecule has 0 aliphatic rings. The minimum absolute atomic E-state index is 0.0555. The monoisotopic (exact) mass is 183 g/mol. The number of aliphatic hydroxyl groups is 1. The lowest BCUT2D eigenvalue weighted by atomic mass is 10.0. The fourth-order valence-electron chi connectivity index (χ4n) is 1.17. The molecule has 0 aliphatic heterocycles. The van der Waals surface area contributed by atoms with Gasteiger partial charge in [0, 0.05) is 6.04 Å². The summed E-state index contributed by atoms with van der Waals surface area (Å²) in [6.45, 7) is 1.83. The van der Waals surface area contributed by atoms with E-state index in [0.717, 1.165) is 0 Å². The molecule has 0 radical (unpaired) electrons. The molecule has 0 spiro atoms. The molecule has 0 saturated heterocycles. The Labute approximate surface area is 77.2 Å². The van der Waals surface area contributed by atoms with Crippen LogP contribution in [0.15, 0.2) is 24.3 Å². The number of benzene rings is 1. The maximum atomic E-state index is 12.5. The fraction of sp³-hybridized carbons (Fsp3) is 0.400. The van der Waals surface area contributed by atoms with Crippen LogP contribution in [-0.4, -0.2) is 11.1 Å². The number of aliphatic hydroxyl groups excluding tert-OH is 1. The molecule has 0 aliphatic carbocycles. The maximum Gasteiger partial charge on any atom is 0.123 e. The molecule has 0 aromatic heterocycles. The molecule has 0 amide bonds. The van der Waals surface area contributed by atoms with Crippen molar-refractivity contribution in [3.63, 3.8) is 0 Å². The first-order chi connectivity index (χ1) is 6.09. The summed E-state index contributed by atoms with van der Waals surface area (Å²) < 4.78 is 12.5. The van der Waals surface area contributed by atoms with Crippen molar-refractivity contribution in [2.24, 2.45) is 5.73 Å². The predicted octanol–water partition coefficient (Wildman–Crippen LogP) is 1.60. The third-order valence-corrected chi connectivity index (χ3v) is 1.85. The van der Waals surface area contributed by atoms with Crippen LogP contribution in [0.2, 0.25) is 0 Å². The molecule has 2 unspecified atom stereocenters. The molecular weight excluding hydrogens is 169 g/mol. The zero-order chi connectivity index (χ0) is 9.84. The molecule has 0 heterocycles. The van der Waals surface area contributed by atoms with Gasteiger partial charge < -0.3 is 10.8 Å². The second kappa shape index (κ2) is 4.35. The minimum Gasteiger partial charge on any atom is -0.388 e. The molecule has 2 nitrogen and oxygen atoms in total. The highest BCUT2D eigenvalue weighted by Gasteiger charge is 2.09. The average molecular weight is 183 g/mol. The van der Waals surface area contributed by atoms with E-state index in [1.807, 2.05) is 6.92 Å². The SMILES string of the molecule is CC(N)CC(O)c1ccc(F)cc1. The molecule has 1 aromatic carbocycles. The molecule has 0 fully saturated rings. The zero-order valence-electron chi connectivity index (χ0n) is 7.57. The standard InChI is InChI=1S/C10H14FNO/c1-7(12)6-10(13)8-2-4-9(11)5-3-8/h2-5,7,10,13H,6,12H2,1H3. The lowest BCUT2D eigenvalue weighted by Gasteiger charge is -2.12. The summed E-state index contributed by atoms with van der Waals surface area (Å²) in [6, 6.07) is 5.75. The molecule has 3 heteroatoms. The van der Waals surface area contributed by atoms with Crippen LogP contribution in [0.5, 0.6) is 0 Å². The second-order valence-electron chi connectivity index (χ2n) is 3.28. The fourth-order valence-corrected chi connectivity index (χ4v) is 1.17. The highest BCUT2D eigenvalue weighted by molar-refractivity contribution is 5.18. The van der Waals surface area contributed by atoms with Crippen molar-refractivity contribution in [3.05, 3.63) is 35.6 Å². The molecular formula is C10H14FNO. The van der Waals surface area contributed by atoms with Crippen molar-refractivity contribution in [3.8, 4) is 0 Å². The Morgan fingerprint density at radius 2 is 1.92 bits per heavy atom. The van der Waals surface area contributed by atoms with Crippen molar-refractivity contribution in [1.29, 1.82) is 0 Å². The Bertz CT molecular complexity index is 258. The van der Waals surface area contributed by atoms with Gasteiger partial charge in [0.25, 0.3) is 0 Å². The second-order valence-corrected chi connectivity index (χ2v) is 3.28. The molecule has 0 saturated carbocycles. The van der Waals surface area contributed by atoms with Gasteiger partial charge >= 0.3 is 0 Å².